The maximum absolute atomic E-state index is 2.51. The van der Waals surface area contributed by atoms with Crippen molar-refractivity contribution < 1.29 is 0 Å². The molecule has 0 heterocycles. The molecule has 70 valence electrons. The van der Waals surface area contributed by atoms with Crippen LogP contribution in [0.4, 0.5) is 0 Å². The molecule has 5 atom stereocenters. The third-order valence-electron chi connectivity index (χ3n) is 5.75. The minimum absolute atomic E-state index is 0.725. The van der Waals surface area contributed by atoms with Crippen LogP contribution in [0.25, 0.3) is 0 Å². The molecule has 2 aliphatic carbocycles. The number of hydrogen-bond donors (Lipinski definition) is 0. The van der Waals surface area contributed by atoms with Gasteiger partial charge in [-0.3, -0.25) is 0 Å². The van der Waals surface area contributed by atoms with Gasteiger partial charge in [0, 0.05) is 0 Å². The maximum Gasteiger partial charge on any atom is -0.0207 e. The summed E-state index contributed by atoms with van der Waals surface area (Å²) in [7, 11) is 0. The summed E-state index contributed by atoms with van der Waals surface area (Å²) in [6.07, 6.45) is 2.86. The van der Waals surface area contributed by atoms with Crippen molar-refractivity contribution in [1.29, 1.82) is 0 Å². The van der Waals surface area contributed by atoms with E-state index in [9.17, 15) is 0 Å². The van der Waals surface area contributed by atoms with Crippen LogP contribution in [0.1, 0.15) is 47.5 Å². The Labute approximate surface area is 76.7 Å². The second-order valence-electron chi connectivity index (χ2n) is 5.62. The van der Waals surface area contributed by atoms with Gasteiger partial charge in [0.15, 0.2) is 0 Å². The average molecular weight is 166 g/mol. The average Bonchev–Trinajstić information content (AvgIpc) is 2.37. The molecule has 0 saturated heterocycles. The molecule has 12 heavy (non-hydrogen) atoms. The molecule has 0 N–H and O–H groups in total. The highest BCUT2D eigenvalue weighted by molar-refractivity contribution is 5.26. The zero-order chi connectivity index (χ0) is 9.15. The molecule has 2 aliphatic rings. The topological polar surface area (TPSA) is 0 Å². The molecule has 0 radical (unpaired) electrons. The highest BCUT2D eigenvalue weighted by atomic mass is 14.8. The van der Waals surface area contributed by atoms with Crippen LogP contribution in [0.5, 0.6) is 0 Å². The van der Waals surface area contributed by atoms with Crippen LogP contribution in [-0.2, 0) is 0 Å². The Bertz CT molecular complexity index is 208. The SMILES string of the molecule is CCC(C)C1CC2(C)C(C)C12C. The third kappa shape index (κ3) is 0.625. The number of hydrogen-bond acceptors (Lipinski definition) is 0. The fourth-order valence-electron chi connectivity index (χ4n) is 3.94. The first kappa shape index (κ1) is 8.59. The molecule has 0 aromatic carbocycles. The standard InChI is InChI=1S/C12H22/c1-6-8(2)10-7-11(4)9(3)12(10,11)5/h8-10H,6-7H2,1-5H3. The first-order chi connectivity index (χ1) is 5.48. The predicted molar refractivity (Wildman–Crippen MR) is 52.9 cm³/mol. The van der Waals surface area contributed by atoms with Gasteiger partial charge in [0.1, 0.15) is 0 Å². The van der Waals surface area contributed by atoms with E-state index in [-0.39, 0.29) is 0 Å². The van der Waals surface area contributed by atoms with Crippen molar-refractivity contribution in [3.63, 3.8) is 0 Å². The first-order valence-corrected chi connectivity index (χ1v) is 5.48. The quantitative estimate of drug-likeness (QED) is 0.586. The smallest absolute Gasteiger partial charge is 0.0207 e. The van der Waals surface area contributed by atoms with Gasteiger partial charge in [-0.05, 0) is 35.0 Å². The monoisotopic (exact) mass is 166 g/mol. The zero-order valence-corrected chi connectivity index (χ0v) is 9.15. The fourth-order valence-corrected chi connectivity index (χ4v) is 3.94. The Morgan fingerprint density at radius 3 is 2.25 bits per heavy atom. The molecule has 0 bridgehead atoms. The van der Waals surface area contributed by atoms with Crippen molar-refractivity contribution in [3.8, 4) is 0 Å². The van der Waals surface area contributed by atoms with E-state index in [1.165, 1.54) is 12.8 Å². The van der Waals surface area contributed by atoms with Crippen LogP contribution in [0.2, 0.25) is 0 Å². The van der Waals surface area contributed by atoms with Crippen molar-refractivity contribution in [3.05, 3.63) is 0 Å². The van der Waals surface area contributed by atoms with Gasteiger partial charge in [-0.15, -0.1) is 0 Å². The molecule has 0 spiro atoms. The summed E-state index contributed by atoms with van der Waals surface area (Å²) in [5.74, 6) is 2.97. The summed E-state index contributed by atoms with van der Waals surface area (Å²) in [6.45, 7) is 12.2. The Morgan fingerprint density at radius 1 is 1.42 bits per heavy atom. The van der Waals surface area contributed by atoms with Crippen LogP contribution in [0.3, 0.4) is 0 Å². The molecule has 0 aromatic heterocycles. The Kier molecular flexibility index (Phi) is 1.49. The molecular formula is C12H22. The van der Waals surface area contributed by atoms with Gasteiger partial charge in [-0.2, -0.15) is 0 Å². The van der Waals surface area contributed by atoms with E-state index in [0.717, 1.165) is 28.6 Å². The largest absolute Gasteiger partial charge is 0.0651 e. The zero-order valence-electron chi connectivity index (χ0n) is 9.15. The lowest BCUT2D eigenvalue weighted by Crippen LogP contribution is -2.36. The fraction of sp³-hybridized carbons (Fsp3) is 1.00. The molecule has 2 fully saturated rings. The van der Waals surface area contributed by atoms with Crippen LogP contribution in [0.15, 0.2) is 0 Å². The van der Waals surface area contributed by atoms with Crippen molar-refractivity contribution >= 4 is 0 Å². The second kappa shape index (κ2) is 2.08. The molecule has 0 amide bonds. The van der Waals surface area contributed by atoms with Gasteiger partial charge < -0.3 is 0 Å². The molecular weight excluding hydrogens is 144 g/mol. The van der Waals surface area contributed by atoms with E-state index in [4.69, 9.17) is 0 Å². The van der Waals surface area contributed by atoms with E-state index in [1.54, 1.807) is 0 Å². The van der Waals surface area contributed by atoms with Gasteiger partial charge in [-0.1, -0.05) is 41.0 Å². The third-order valence-corrected chi connectivity index (χ3v) is 5.75. The number of rotatable bonds is 2. The Balaban J connectivity index is 2.09. The Morgan fingerprint density at radius 2 is 2.00 bits per heavy atom. The first-order valence-electron chi connectivity index (χ1n) is 5.48. The molecule has 2 rings (SSSR count). The number of fused-ring (bicyclic) bond motifs is 1. The lowest BCUT2D eigenvalue weighted by Gasteiger charge is -2.43. The van der Waals surface area contributed by atoms with Crippen molar-refractivity contribution in [1.82, 2.24) is 0 Å². The lowest BCUT2D eigenvalue weighted by molar-refractivity contribution is 0.0524. The Hall–Kier alpha value is 0. The normalized spacial score (nSPS) is 58.8. The lowest BCUT2D eigenvalue weighted by atomic mass is 9.61. The second-order valence-corrected chi connectivity index (χ2v) is 5.62. The van der Waals surface area contributed by atoms with E-state index in [0.29, 0.717) is 0 Å². The summed E-state index contributed by atoms with van der Waals surface area (Å²) < 4.78 is 0. The summed E-state index contributed by atoms with van der Waals surface area (Å²) in [6, 6.07) is 0. The van der Waals surface area contributed by atoms with Crippen LogP contribution in [-0.4, -0.2) is 0 Å². The molecule has 0 aliphatic heterocycles. The maximum atomic E-state index is 2.51. The van der Waals surface area contributed by atoms with Gasteiger partial charge in [0.25, 0.3) is 0 Å². The van der Waals surface area contributed by atoms with E-state index in [2.05, 4.69) is 34.6 Å². The van der Waals surface area contributed by atoms with Crippen molar-refractivity contribution in [2.45, 2.75) is 47.5 Å². The minimum atomic E-state index is 0.725. The molecule has 2 saturated carbocycles. The minimum Gasteiger partial charge on any atom is -0.0651 e. The van der Waals surface area contributed by atoms with Gasteiger partial charge in [-0.25, -0.2) is 0 Å². The van der Waals surface area contributed by atoms with Crippen molar-refractivity contribution in [2.75, 3.05) is 0 Å². The molecule has 0 nitrogen and oxygen atoms in total. The van der Waals surface area contributed by atoms with Gasteiger partial charge >= 0.3 is 0 Å². The summed E-state index contributed by atoms with van der Waals surface area (Å²) in [5, 5.41) is 0. The predicted octanol–water partition coefficient (Wildman–Crippen LogP) is 3.71. The van der Waals surface area contributed by atoms with E-state index in [1.807, 2.05) is 0 Å². The van der Waals surface area contributed by atoms with Gasteiger partial charge in [0.05, 0.1) is 0 Å². The summed E-state index contributed by atoms with van der Waals surface area (Å²) in [4.78, 5) is 0. The van der Waals surface area contributed by atoms with E-state index < -0.39 is 0 Å². The van der Waals surface area contributed by atoms with E-state index >= 15 is 0 Å². The van der Waals surface area contributed by atoms with Crippen LogP contribution < -0.4 is 0 Å². The molecule has 5 unspecified atom stereocenters. The van der Waals surface area contributed by atoms with Crippen molar-refractivity contribution in [2.24, 2.45) is 28.6 Å². The summed E-state index contributed by atoms with van der Waals surface area (Å²) in [5.41, 5.74) is 1.46. The summed E-state index contributed by atoms with van der Waals surface area (Å²) >= 11 is 0. The highest BCUT2D eigenvalue weighted by Gasteiger charge is 2.79. The van der Waals surface area contributed by atoms with Crippen LogP contribution >= 0.6 is 0 Å². The molecule has 0 heteroatoms. The highest BCUT2D eigenvalue weighted by Crippen LogP contribution is 2.85. The van der Waals surface area contributed by atoms with Gasteiger partial charge in [0.2, 0.25) is 0 Å². The molecule has 0 aromatic rings. The van der Waals surface area contributed by atoms with Crippen LogP contribution in [0, 0.1) is 28.6 Å².